The van der Waals surface area contributed by atoms with E-state index in [9.17, 15) is 0 Å². The highest BCUT2D eigenvalue weighted by Crippen LogP contribution is 2.43. The van der Waals surface area contributed by atoms with Crippen LogP contribution in [0.1, 0.15) is 0 Å². The zero-order valence-electron chi connectivity index (χ0n) is 29.4. The van der Waals surface area contributed by atoms with Crippen LogP contribution >= 0.6 is 0 Å². The minimum Gasteiger partial charge on any atom is -0.264 e. The van der Waals surface area contributed by atoms with Crippen molar-refractivity contribution in [2.24, 2.45) is 0 Å². The molecule has 0 N–H and O–H groups in total. The first-order chi connectivity index (χ1) is 26.8. The van der Waals surface area contributed by atoms with Crippen molar-refractivity contribution in [3.05, 3.63) is 200 Å². The highest BCUT2D eigenvalue weighted by Gasteiger charge is 2.20. The molecular weight excluding hydrogens is 655 g/mol. The predicted molar refractivity (Wildman–Crippen MR) is 225 cm³/mol. The first-order valence-electron chi connectivity index (χ1n) is 18.3. The molecule has 8 aromatic carbocycles. The maximum atomic E-state index is 5.39. The van der Waals surface area contributed by atoms with Crippen molar-refractivity contribution in [1.29, 1.82) is 0 Å². The quantitative estimate of drug-likeness (QED) is 0.163. The topological polar surface area (TPSA) is 38.7 Å². The van der Waals surface area contributed by atoms with Crippen molar-refractivity contribution in [1.82, 2.24) is 15.0 Å². The van der Waals surface area contributed by atoms with Crippen LogP contribution in [0.3, 0.4) is 0 Å². The van der Waals surface area contributed by atoms with Gasteiger partial charge in [0.05, 0.1) is 11.4 Å². The highest BCUT2D eigenvalue weighted by molar-refractivity contribution is 6.20. The van der Waals surface area contributed by atoms with E-state index in [0.29, 0.717) is 5.82 Å². The molecule has 0 bridgehead atoms. The van der Waals surface area contributed by atoms with Crippen LogP contribution in [0.15, 0.2) is 200 Å². The van der Waals surface area contributed by atoms with Crippen LogP contribution in [0.2, 0.25) is 0 Å². The van der Waals surface area contributed by atoms with Gasteiger partial charge in [-0.25, -0.2) is 9.97 Å². The zero-order chi connectivity index (χ0) is 35.8. The molecule has 0 aliphatic carbocycles. The summed E-state index contributed by atoms with van der Waals surface area (Å²) in [4.78, 5) is 15.1. The lowest BCUT2D eigenvalue weighted by Crippen LogP contribution is -1.98. The average molecular weight is 688 g/mol. The summed E-state index contributed by atoms with van der Waals surface area (Å²) < 4.78 is 0. The maximum absolute atomic E-state index is 5.39. The molecule has 0 aliphatic heterocycles. The fraction of sp³-hybridized carbons (Fsp3) is 0. The van der Waals surface area contributed by atoms with Crippen molar-refractivity contribution in [2.45, 2.75) is 0 Å². The summed E-state index contributed by atoms with van der Waals surface area (Å²) in [7, 11) is 0. The van der Waals surface area contributed by atoms with Crippen molar-refractivity contribution in [3.8, 4) is 67.3 Å². The van der Waals surface area contributed by atoms with Crippen LogP contribution < -0.4 is 0 Å². The zero-order valence-corrected chi connectivity index (χ0v) is 29.4. The normalized spacial score (nSPS) is 11.3. The lowest BCUT2D eigenvalue weighted by atomic mass is 9.88. The Morgan fingerprint density at radius 1 is 0.296 bits per heavy atom. The van der Waals surface area contributed by atoms with E-state index in [1.54, 1.807) is 6.20 Å². The van der Waals surface area contributed by atoms with Gasteiger partial charge in [0.25, 0.3) is 0 Å². The Balaban J connectivity index is 1.17. The number of nitrogens with zero attached hydrogens (tertiary/aromatic N) is 3. The van der Waals surface area contributed by atoms with Crippen LogP contribution in [0.4, 0.5) is 0 Å². The number of pyridine rings is 1. The lowest BCUT2D eigenvalue weighted by Gasteiger charge is -2.18. The molecule has 0 unspecified atom stereocenters. The molecule has 2 aromatic heterocycles. The molecule has 252 valence electrons. The van der Waals surface area contributed by atoms with Crippen LogP contribution in [-0.4, -0.2) is 15.0 Å². The molecule has 0 atom stereocenters. The first kappa shape index (κ1) is 31.5. The Bertz CT molecular complexity index is 2900. The Hall–Kier alpha value is -7.23. The summed E-state index contributed by atoms with van der Waals surface area (Å²) in [5.41, 5.74) is 11.8. The van der Waals surface area contributed by atoms with Gasteiger partial charge in [-0.1, -0.05) is 170 Å². The molecule has 0 saturated carbocycles. The van der Waals surface area contributed by atoms with Gasteiger partial charge in [-0.15, -0.1) is 0 Å². The van der Waals surface area contributed by atoms with Gasteiger partial charge in [0, 0.05) is 29.1 Å². The predicted octanol–water partition coefficient (Wildman–Crippen LogP) is 13.3. The van der Waals surface area contributed by atoms with Crippen molar-refractivity contribution in [3.63, 3.8) is 0 Å². The Morgan fingerprint density at radius 3 is 1.37 bits per heavy atom. The molecule has 2 heterocycles. The Morgan fingerprint density at radius 2 is 0.778 bits per heavy atom. The van der Waals surface area contributed by atoms with Gasteiger partial charge in [-0.2, -0.15) is 0 Å². The summed E-state index contributed by atoms with van der Waals surface area (Å²) >= 11 is 0. The minimum atomic E-state index is 0.699. The fourth-order valence-corrected chi connectivity index (χ4v) is 7.71. The molecule has 0 fully saturated rings. The fourth-order valence-electron chi connectivity index (χ4n) is 7.71. The van der Waals surface area contributed by atoms with E-state index in [4.69, 9.17) is 9.97 Å². The summed E-state index contributed by atoms with van der Waals surface area (Å²) in [5, 5.41) is 7.07. The van der Waals surface area contributed by atoms with E-state index in [0.717, 1.165) is 50.0 Å². The van der Waals surface area contributed by atoms with Gasteiger partial charge in [0.2, 0.25) is 0 Å². The van der Waals surface area contributed by atoms with E-state index in [1.807, 2.05) is 12.3 Å². The summed E-state index contributed by atoms with van der Waals surface area (Å²) in [6, 6.07) is 66.7. The molecular formula is C51H33N3. The largest absolute Gasteiger partial charge is 0.264 e. The second-order valence-corrected chi connectivity index (χ2v) is 13.6. The van der Waals surface area contributed by atoms with Gasteiger partial charge >= 0.3 is 0 Å². The summed E-state index contributed by atoms with van der Waals surface area (Å²) in [6.45, 7) is 0. The van der Waals surface area contributed by atoms with E-state index in [-0.39, 0.29) is 0 Å². The second-order valence-electron chi connectivity index (χ2n) is 13.6. The summed E-state index contributed by atoms with van der Waals surface area (Å²) in [5.74, 6) is 0.699. The Labute approximate surface area is 313 Å². The monoisotopic (exact) mass is 687 g/mol. The van der Waals surface area contributed by atoms with E-state index < -0.39 is 0 Å². The lowest BCUT2D eigenvalue weighted by molar-refractivity contribution is 1.19. The molecule has 0 radical (unpaired) electrons. The summed E-state index contributed by atoms with van der Waals surface area (Å²) in [6.07, 6.45) is 3.70. The molecule has 0 spiro atoms. The van der Waals surface area contributed by atoms with Gasteiger partial charge < -0.3 is 0 Å². The molecule has 0 amide bonds. The first-order valence-corrected chi connectivity index (χ1v) is 18.3. The standard InChI is InChI=1S/C51H33N3/c1-2-12-39(13-3-1)49-43-16-6-8-18-45(43)50(46-19-9-7-17-44(46)49)51-53-47(32-48(54-51)38-27-22-36(23-28-38)42-15-10-30-52-33-42)37-25-20-35(21-26-37)41-29-24-34-11-4-5-14-40(34)31-41/h1-33H. The molecule has 3 heteroatoms. The maximum Gasteiger partial charge on any atom is 0.161 e. The van der Waals surface area contributed by atoms with Gasteiger partial charge in [-0.05, 0) is 83.9 Å². The van der Waals surface area contributed by atoms with Crippen molar-refractivity contribution >= 4 is 32.3 Å². The van der Waals surface area contributed by atoms with Gasteiger partial charge in [0.15, 0.2) is 5.82 Å². The van der Waals surface area contributed by atoms with E-state index >= 15 is 0 Å². The van der Waals surface area contributed by atoms with Crippen LogP contribution in [0.25, 0.3) is 99.6 Å². The SMILES string of the molecule is c1ccc(-c2c3ccccc3c(-c3nc(-c4ccc(-c5cccnc5)cc4)cc(-c4ccc(-c5ccc6ccccc6c5)cc4)n3)c3ccccc23)cc1. The molecule has 0 aliphatic rings. The number of rotatable bonds is 6. The average Bonchev–Trinajstić information content (AvgIpc) is 3.26. The minimum absolute atomic E-state index is 0.699. The number of benzene rings is 8. The third kappa shape index (κ3) is 5.69. The molecule has 0 saturated heterocycles. The molecule has 10 aromatic rings. The van der Waals surface area contributed by atoms with Crippen LogP contribution in [-0.2, 0) is 0 Å². The number of hydrogen-bond donors (Lipinski definition) is 0. The van der Waals surface area contributed by atoms with Crippen LogP contribution in [0.5, 0.6) is 0 Å². The number of fused-ring (bicyclic) bond motifs is 3. The third-order valence-corrected chi connectivity index (χ3v) is 10.4. The molecule has 3 nitrogen and oxygen atoms in total. The second kappa shape index (κ2) is 13.4. The Kier molecular flexibility index (Phi) is 7.81. The van der Waals surface area contributed by atoms with Gasteiger partial charge in [0.1, 0.15) is 0 Å². The molecule has 10 rings (SSSR count). The van der Waals surface area contributed by atoms with Gasteiger partial charge in [-0.3, -0.25) is 4.98 Å². The number of aromatic nitrogens is 3. The highest BCUT2D eigenvalue weighted by atomic mass is 14.9. The van der Waals surface area contributed by atoms with E-state index in [1.165, 1.54) is 43.8 Å². The third-order valence-electron chi connectivity index (χ3n) is 10.4. The van der Waals surface area contributed by atoms with Crippen LogP contribution in [0, 0.1) is 0 Å². The van der Waals surface area contributed by atoms with E-state index in [2.05, 4.69) is 187 Å². The molecule has 54 heavy (non-hydrogen) atoms. The number of hydrogen-bond acceptors (Lipinski definition) is 3. The van der Waals surface area contributed by atoms with Crippen molar-refractivity contribution < 1.29 is 0 Å². The van der Waals surface area contributed by atoms with Crippen molar-refractivity contribution in [2.75, 3.05) is 0 Å². The smallest absolute Gasteiger partial charge is 0.161 e.